The number of aliphatic imine (C=N–C) groups is 1. The third-order valence-corrected chi connectivity index (χ3v) is 4.61. The van der Waals surface area contributed by atoms with Gasteiger partial charge < -0.3 is 9.47 Å². The third-order valence-electron chi connectivity index (χ3n) is 4.61. The first-order valence-corrected chi connectivity index (χ1v) is 9.09. The van der Waals surface area contributed by atoms with Gasteiger partial charge in [-0.25, -0.2) is 0 Å². The highest BCUT2D eigenvalue weighted by Crippen LogP contribution is 2.45. The molecule has 1 atom stereocenters. The second-order valence-electron chi connectivity index (χ2n) is 6.34. The molecule has 0 saturated carbocycles. The van der Waals surface area contributed by atoms with Crippen LogP contribution in [0.3, 0.4) is 0 Å². The van der Waals surface area contributed by atoms with Crippen molar-refractivity contribution in [2.75, 3.05) is 14.2 Å². The van der Waals surface area contributed by atoms with Crippen molar-refractivity contribution < 1.29 is 14.3 Å². The highest BCUT2D eigenvalue weighted by molar-refractivity contribution is 6.33. The lowest BCUT2D eigenvalue weighted by atomic mass is 9.86. The Bertz CT molecular complexity index is 922. The van der Waals surface area contributed by atoms with Gasteiger partial charge in [0.25, 0.3) is 0 Å². The first-order valence-electron chi connectivity index (χ1n) is 9.09. The van der Waals surface area contributed by atoms with Gasteiger partial charge in [-0.3, -0.25) is 9.79 Å². The summed E-state index contributed by atoms with van der Waals surface area (Å²) in [5, 5.41) is 0. The van der Waals surface area contributed by atoms with Crippen LogP contribution in [0.1, 0.15) is 37.3 Å². The van der Waals surface area contributed by atoms with E-state index < -0.39 is 5.54 Å². The molecule has 0 N–H and O–H groups in total. The molecule has 0 aliphatic carbocycles. The van der Waals surface area contributed by atoms with E-state index in [1.165, 1.54) is 0 Å². The van der Waals surface area contributed by atoms with Crippen molar-refractivity contribution in [3.8, 4) is 23.3 Å². The smallest absolute Gasteiger partial charge is 0.243 e. The third kappa shape index (κ3) is 3.59. The minimum atomic E-state index is -1.06. The summed E-state index contributed by atoms with van der Waals surface area (Å²) < 4.78 is 10.7. The van der Waals surface area contributed by atoms with Crippen molar-refractivity contribution in [1.29, 1.82) is 0 Å². The lowest BCUT2D eigenvalue weighted by Crippen LogP contribution is -2.27. The van der Waals surface area contributed by atoms with Gasteiger partial charge in [-0.15, -0.1) is 0 Å². The van der Waals surface area contributed by atoms with E-state index >= 15 is 0 Å². The number of hydrogen-bond donors (Lipinski definition) is 0. The molecule has 3 rings (SSSR count). The van der Waals surface area contributed by atoms with Crippen molar-refractivity contribution in [2.45, 2.75) is 31.7 Å². The fourth-order valence-electron chi connectivity index (χ4n) is 3.06. The number of methoxy groups -OCH3 is 2. The summed E-state index contributed by atoms with van der Waals surface area (Å²) in [7, 11) is 3.16. The van der Waals surface area contributed by atoms with Crippen molar-refractivity contribution in [3.05, 3.63) is 59.7 Å². The van der Waals surface area contributed by atoms with Gasteiger partial charge in [0.15, 0.2) is 17.0 Å². The molecular weight excluding hydrogens is 338 g/mol. The van der Waals surface area contributed by atoms with Gasteiger partial charge >= 0.3 is 0 Å². The maximum absolute atomic E-state index is 13.1. The highest BCUT2D eigenvalue weighted by Gasteiger charge is 2.55. The van der Waals surface area contributed by atoms with Gasteiger partial charge in [-0.05, 0) is 35.6 Å². The van der Waals surface area contributed by atoms with Crippen LogP contribution in [0.15, 0.2) is 53.5 Å². The molecule has 2 aromatic rings. The Hall–Kier alpha value is -3.06. The molecule has 0 radical (unpaired) electrons. The summed E-state index contributed by atoms with van der Waals surface area (Å²) in [4.78, 5) is 17.7. The predicted octanol–water partition coefficient (Wildman–Crippen LogP) is 4.16. The molecule has 27 heavy (non-hydrogen) atoms. The summed E-state index contributed by atoms with van der Waals surface area (Å²) in [6.45, 7) is 2.10. The quantitative estimate of drug-likeness (QED) is 0.423. The average Bonchev–Trinajstić information content (AvgIpc) is 3.48. The number of ketones is 1. The molecule has 4 heteroatoms. The van der Waals surface area contributed by atoms with Gasteiger partial charge in [-0.1, -0.05) is 55.7 Å². The number of carbonyl (C=O) groups excluding carboxylic acids is 1. The Balaban J connectivity index is 2.00. The van der Waals surface area contributed by atoms with E-state index in [4.69, 9.17) is 9.47 Å². The zero-order valence-corrected chi connectivity index (χ0v) is 15.9. The molecule has 0 amide bonds. The topological polar surface area (TPSA) is 47.9 Å². The van der Waals surface area contributed by atoms with E-state index in [0.717, 1.165) is 29.7 Å². The molecule has 1 unspecified atom stereocenters. The van der Waals surface area contributed by atoms with E-state index in [1.54, 1.807) is 20.3 Å². The summed E-state index contributed by atoms with van der Waals surface area (Å²) >= 11 is 0. The molecule has 1 aliphatic heterocycles. The number of carbonyl (C=O) groups is 1. The van der Waals surface area contributed by atoms with Crippen molar-refractivity contribution in [2.24, 2.45) is 4.99 Å². The van der Waals surface area contributed by atoms with Crippen LogP contribution in [0.5, 0.6) is 11.5 Å². The molecular formula is C23H23NO3. The van der Waals surface area contributed by atoms with Gasteiger partial charge in [-0.2, -0.15) is 0 Å². The van der Waals surface area contributed by atoms with Crippen molar-refractivity contribution in [3.63, 3.8) is 0 Å². The Morgan fingerprint density at radius 3 is 2.48 bits per heavy atom. The Morgan fingerprint density at radius 2 is 1.81 bits per heavy atom. The molecule has 138 valence electrons. The average molecular weight is 361 g/mol. The minimum Gasteiger partial charge on any atom is -0.493 e. The summed E-state index contributed by atoms with van der Waals surface area (Å²) in [6.07, 6.45) is 2.75. The van der Waals surface area contributed by atoms with Crippen molar-refractivity contribution in [1.82, 2.24) is 0 Å². The van der Waals surface area contributed by atoms with E-state index in [0.29, 0.717) is 17.9 Å². The maximum atomic E-state index is 13.1. The van der Waals surface area contributed by atoms with Crippen LogP contribution in [-0.4, -0.2) is 25.7 Å². The maximum Gasteiger partial charge on any atom is 0.243 e. The molecule has 0 aromatic heterocycles. The van der Waals surface area contributed by atoms with E-state index in [1.807, 2.05) is 42.5 Å². The van der Waals surface area contributed by atoms with Crippen LogP contribution in [0, 0.1) is 11.8 Å². The fourth-order valence-corrected chi connectivity index (χ4v) is 3.06. The predicted molar refractivity (Wildman–Crippen MR) is 107 cm³/mol. The first kappa shape index (κ1) is 18.7. The Kier molecular flexibility index (Phi) is 5.61. The molecule has 0 fully saturated rings. The molecule has 4 nitrogen and oxygen atoms in total. The molecule has 0 bridgehead atoms. The Labute approximate surface area is 160 Å². The number of Topliss-reactive ketones (excluding diaryl/α,β-unsaturated/α-hetero) is 1. The van der Waals surface area contributed by atoms with Crippen LogP contribution in [0.2, 0.25) is 0 Å². The van der Waals surface area contributed by atoms with Gasteiger partial charge in [0, 0.05) is 6.42 Å². The Morgan fingerprint density at radius 1 is 1.07 bits per heavy atom. The second-order valence-corrected chi connectivity index (χ2v) is 6.34. The molecule has 1 heterocycles. The van der Waals surface area contributed by atoms with Crippen LogP contribution < -0.4 is 9.47 Å². The van der Waals surface area contributed by atoms with Crippen LogP contribution in [-0.2, 0) is 10.3 Å². The lowest BCUT2D eigenvalue weighted by molar-refractivity contribution is -0.115. The number of nitrogens with zero attached hydrogens (tertiary/aromatic N) is 1. The number of benzene rings is 2. The van der Waals surface area contributed by atoms with Gasteiger partial charge in [0.05, 0.1) is 19.9 Å². The minimum absolute atomic E-state index is 0.204. The standard InChI is InChI=1S/C23H23NO3/c1-4-5-6-10-13-21(25)23(22(24-23)17-11-8-7-9-12-17)18-14-15-19(26-2)20(16-18)27-3/h7-9,11-12,14-16H,4-6H2,1-3H3. The monoisotopic (exact) mass is 361 g/mol. The van der Waals surface area contributed by atoms with Crippen LogP contribution >= 0.6 is 0 Å². The lowest BCUT2D eigenvalue weighted by Gasteiger charge is -2.15. The summed E-state index contributed by atoms with van der Waals surface area (Å²) in [5.74, 6) is 6.78. The van der Waals surface area contributed by atoms with E-state index in [9.17, 15) is 4.79 Å². The number of unbranched alkanes of at least 4 members (excludes halogenated alkanes) is 2. The fraction of sp³-hybridized carbons (Fsp3) is 0.304. The van der Waals surface area contributed by atoms with E-state index in [2.05, 4.69) is 23.8 Å². The number of rotatable bonds is 7. The van der Waals surface area contributed by atoms with Crippen LogP contribution in [0.25, 0.3) is 0 Å². The normalized spacial score (nSPS) is 17.4. The number of hydrogen-bond acceptors (Lipinski definition) is 4. The summed E-state index contributed by atoms with van der Waals surface area (Å²) in [5.41, 5.74) is 1.36. The van der Waals surface area contributed by atoms with E-state index in [-0.39, 0.29) is 5.78 Å². The molecule has 1 aliphatic rings. The van der Waals surface area contributed by atoms with Gasteiger partial charge in [0.2, 0.25) is 5.78 Å². The van der Waals surface area contributed by atoms with Crippen molar-refractivity contribution >= 4 is 11.5 Å². The van der Waals surface area contributed by atoms with Crippen LogP contribution in [0.4, 0.5) is 0 Å². The zero-order valence-electron chi connectivity index (χ0n) is 15.9. The SMILES string of the molecule is CCCCC#CC(=O)C1(c2ccc(OC)c(OC)c2)N=C1c1ccccc1. The summed E-state index contributed by atoms with van der Waals surface area (Å²) in [6, 6.07) is 15.2. The first-order chi connectivity index (χ1) is 13.2. The zero-order chi connectivity index (χ0) is 19.3. The molecule has 0 saturated heterocycles. The second kappa shape index (κ2) is 8.09. The molecule has 2 aromatic carbocycles. The molecule has 0 spiro atoms. The largest absolute Gasteiger partial charge is 0.493 e. The number of ether oxygens (including phenoxy) is 2. The van der Waals surface area contributed by atoms with Gasteiger partial charge in [0.1, 0.15) is 0 Å². The highest BCUT2D eigenvalue weighted by atomic mass is 16.5.